The Bertz CT molecular complexity index is 462. The molecule has 20 heavy (non-hydrogen) atoms. The summed E-state index contributed by atoms with van der Waals surface area (Å²) < 4.78 is 13.5. The summed E-state index contributed by atoms with van der Waals surface area (Å²) in [5.74, 6) is 1.74. The fraction of sp³-hybridized carbons (Fsp3) is 0.800. The van der Waals surface area contributed by atoms with Gasteiger partial charge in [-0.3, -0.25) is 0 Å². The Morgan fingerprint density at radius 2 is 2.05 bits per heavy atom. The average molecular weight is 277 g/mol. The van der Waals surface area contributed by atoms with Gasteiger partial charge in [-0.15, -0.1) is 0 Å². The first kappa shape index (κ1) is 12.7. The molecule has 0 amide bonds. The lowest BCUT2D eigenvalue weighted by molar-refractivity contribution is 0.0584. The van der Waals surface area contributed by atoms with E-state index >= 15 is 0 Å². The second kappa shape index (κ2) is 5.37. The fourth-order valence-electron chi connectivity index (χ4n) is 3.71. The second-order valence-electron chi connectivity index (χ2n) is 6.12. The monoisotopic (exact) mass is 277 g/mol. The summed E-state index contributed by atoms with van der Waals surface area (Å²) >= 11 is 0. The van der Waals surface area contributed by atoms with Gasteiger partial charge in [0.2, 0.25) is 0 Å². The Hall–Kier alpha value is -1.07. The molecule has 2 fully saturated rings. The normalized spacial score (nSPS) is 31.0. The van der Waals surface area contributed by atoms with Crippen molar-refractivity contribution < 1.29 is 9.47 Å². The van der Waals surface area contributed by atoms with Crippen molar-refractivity contribution in [2.75, 3.05) is 31.7 Å². The van der Waals surface area contributed by atoms with Crippen molar-refractivity contribution in [3.8, 4) is 0 Å². The van der Waals surface area contributed by atoms with E-state index in [0.717, 1.165) is 45.6 Å². The minimum Gasteiger partial charge on any atom is -0.381 e. The van der Waals surface area contributed by atoms with E-state index in [9.17, 15) is 0 Å². The second-order valence-corrected chi connectivity index (χ2v) is 6.12. The van der Waals surface area contributed by atoms with Crippen LogP contribution in [-0.4, -0.2) is 42.2 Å². The van der Waals surface area contributed by atoms with Gasteiger partial charge >= 0.3 is 0 Å². The van der Waals surface area contributed by atoms with Crippen molar-refractivity contribution in [3.63, 3.8) is 0 Å². The molecular formula is C15H23N3O2. The zero-order valence-electron chi connectivity index (χ0n) is 11.9. The number of hydrogen-bond donors (Lipinski definition) is 1. The molecule has 110 valence electrons. The van der Waals surface area contributed by atoms with Crippen molar-refractivity contribution in [1.29, 1.82) is 0 Å². The van der Waals surface area contributed by atoms with E-state index < -0.39 is 0 Å². The molecule has 2 atom stereocenters. The largest absolute Gasteiger partial charge is 0.381 e. The van der Waals surface area contributed by atoms with Gasteiger partial charge in [0, 0.05) is 38.3 Å². The molecule has 0 bridgehead atoms. The fourth-order valence-corrected chi connectivity index (χ4v) is 3.71. The molecular weight excluding hydrogens is 254 g/mol. The number of anilines is 1. The van der Waals surface area contributed by atoms with E-state index in [-0.39, 0.29) is 0 Å². The molecule has 0 aromatic carbocycles. The quantitative estimate of drug-likeness (QED) is 0.901. The highest BCUT2D eigenvalue weighted by atomic mass is 16.5. The van der Waals surface area contributed by atoms with Gasteiger partial charge in [0.05, 0.1) is 17.8 Å². The van der Waals surface area contributed by atoms with Crippen LogP contribution in [0.2, 0.25) is 0 Å². The third-order valence-electron chi connectivity index (χ3n) is 4.85. The van der Waals surface area contributed by atoms with E-state index in [0.29, 0.717) is 18.1 Å². The first-order valence-electron chi connectivity index (χ1n) is 7.94. The molecule has 4 heterocycles. The van der Waals surface area contributed by atoms with Crippen molar-refractivity contribution in [1.82, 2.24) is 9.78 Å². The number of ether oxygens (including phenoxy) is 2. The van der Waals surface area contributed by atoms with Gasteiger partial charge in [-0.25, -0.2) is 4.68 Å². The van der Waals surface area contributed by atoms with Gasteiger partial charge in [-0.05, 0) is 32.1 Å². The maximum Gasteiger partial charge on any atom is 0.124 e. The van der Waals surface area contributed by atoms with Crippen LogP contribution in [0, 0.1) is 0 Å². The summed E-state index contributed by atoms with van der Waals surface area (Å²) in [7, 11) is 0. The maximum atomic E-state index is 5.90. The third-order valence-corrected chi connectivity index (χ3v) is 4.85. The molecule has 5 nitrogen and oxygen atoms in total. The molecule has 4 rings (SSSR count). The van der Waals surface area contributed by atoms with E-state index in [1.54, 1.807) is 0 Å². The topological polar surface area (TPSA) is 48.3 Å². The molecule has 0 spiro atoms. The zero-order chi connectivity index (χ0) is 13.4. The van der Waals surface area contributed by atoms with E-state index in [1.165, 1.54) is 24.4 Å². The number of aromatic nitrogens is 2. The van der Waals surface area contributed by atoms with Gasteiger partial charge in [-0.1, -0.05) is 0 Å². The van der Waals surface area contributed by atoms with Crippen LogP contribution in [0.4, 0.5) is 5.82 Å². The predicted molar refractivity (Wildman–Crippen MR) is 76.1 cm³/mol. The maximum absolute atomic E-state index is 5.90. The number of rotatable bonds is 2. The molecule has 3 aliphatic heterocycles. The summed E-state index contributed by atoms with van der Waals surface area (Å²) in [6.45, 7) is 3.69. The van der Waals surface area contributed by atoms with Crippen molar-refractivity contribution in [2.45, 2.75) is 50.2 Å². The molecule has 1 N–H and O–H groups in total. The van der Waals surface area contributed by atoms with Crippen LogP contribution < -0.4 is 5.32 Å². The van der Waals surface area contributed by atoms with E-state index in [2.05, 4.69) is 16.1 Å². The summed E-state index contributed by atoms with van der Waals surface area (Å²) in [5, 5.41) is 8.41. The summed E-state index contributed by atoms with van der Waals surface area (Å²) in [6.07, 6.45) is 6.04. The standard InChI is InChI=1S/C15H23N3O2/c1-2-14(20-7-1)13-3-6-16-15-10-12(17-18(13)15)11-4-8-19-9-5-11/h10-11,13-14,16H,1-9H2. The van der Waals surface area contributed by atoms with Gasteiger partial charge < -0.3 is 14.8 Å². The summed E-state index contributed by atoms with van der Waals surface area (Å²) in [6, 6.07) is 2.67. The smallest absolute Gasteiger partial charge is 0.124 e. The molecule has 0 aliphatic carbocycles. The molecule has 3 aliphatic rings. The lowest BCUT2D eigenvalue weighted by atomic mass is 9.97. The van der Waals surface area contributed by atoms with Crippen molar-refractivity contribution in [2.24, 2.45) is 0 Å². The Kier molecular flexibility index (Phi) is 3.40. The average Bonchev–Trinajstić information content (AvgIpc) is 3.17. The van der Waals surface area contributed by atoms with Crippen molar-refractivity contribution in [3.05, 3.63) is 11.8 Å². The van der Waals surface area contributed by atoms with E-state index in [4.69, 9.17) is 14.6 Å². The van der Waals surface area contributed by atoms with Crippen LogP contribution in [0.5, 0.6) is 0 Å². The molecule has 1 aromatic heterocycles. The van der Waals surface area contributed by atoms with E-state index in [1.807, 2.05) is 0 Å². The third kappa shape index (κ3) is 2.23. The van der Waals surface area contributed by atoms with Crippen LogP contribution in [0.3, 0.4) is 0 Å². The molecule has 2 saturated heterocycles. The van der Waals surface area contributed by atoms with Gasteiger partial charge in [0.15, 0.2) is 0 Å². The van der Waals surface area contributed by atoms with Crippen LogP contribution in [-0.2, 0) is 9.47 Å². The lowest BCUT2D eigenvalue weighted by Crippen LogP contribution is -2.31. The highest BCUT2D eigenvalue weighted by molar-refractivity contribution is 5.40. The van der Waals surface area contributed by atoms with Gasteiger partial charge in [0.1, 0.15) is 5.82 Å². The van der Waals surface area contributed by atoms with Gasteiger partial charge in [-0.2, -0.15) is 5.10 Å². The lowest BCUT2D eigenvalue weighted by Gasteiger charge is -2.29. The Morgan fingerprint density at radius 1 is 1.15 bits per heavy atom. The van der Waals surface area contributed by atoms with Crippen molar-refractivity contribution >= 4 is 5.82 Å². The molecule has 1 aromatic rings. The number of hydrogen-bond acceptors (Lipinski definition) is 4. The minimum atomic E-state index is 0.360. The number of nitrogens with zero attached hydrogens (tertiary/aromatic N) is 2. The first-order valence-corrected chi connectivity index (χ1v) is 7.94. The predicted octanol–water partition coefficient (Wildman–Crippen LogP) is 2.31. The highest BCUT2D eigenvalue weighted by Crippen LogP contribution is 2.35. The first-order chi connectivity index (χ1) is 9.92. The van der Waals surface area contributed by atoms with Crippen LogP contribution in [0.15, 0.2) is 6.07 Å². The number of nitrogens with one attached hydrogen (secondary N) is 1. The zero-order valence-corrected chi connectivity index (χ0v) is 11.9. The van der Waals surface area contributed by atoms with Crippen LogP contribution >= 0.6 is 0 Å². The molecule has 2 unspecified atom stereocenters. The molecule has 5 heteroatoms. The molecule has 0 radical (unpaired) electrons. The summed E-state index contributed by atoms with van der Waals surface area (Å²) in [5.41, 5.74) is 1.24. The minimum absolute atomic E-state index is 0.360. The highest BCUT2D eigenvalue weighted by Gasteiger charge is 2.32. The van der Waals surface area contributed by atoms with Gasteiger partial charge in [0.25, 0.3) is 0 Å². The Labute approximate surface area is 119 Å². The number of fused-ring (bicyclic) bond motifs is 1. The van der Waals surface area contributed by atoms with Crippen LogP contribution in [0.1, 0.15) is 49.8 Å². The summed E-state index contributed by atoms with van der Waals surface area (Å²) in [4.78, 5) is 0. The Morgan fingerprint density at radius 3 is 2.85 bits per heavy atom. The SMILES string of the molecule is c1c(C2CCOCC2)nn2c1NCCC2C1CCCO1. The van der Waals surface area contributed by atoms with Crippen LogP contribution in [0.25, 0.3) is 0 Å². The molecule has 0 saturated carbocycles. The Balaban J connectivity index is 1.59.